The van der Waals surface area contributed by atoms with Gasteiger partial charge in [0.25, 0.3) is 0 Å². The number of halogens is 1. The van der Waals surface area contributed by atoms with Gasteiger partial charge in [-0.1, -0.05) is 20.3 Å². The molecule has 3 heteroatoms. The molecule has 0 aliphatic carbocycles. The molecule has 2 nitrogen and oxygen atoms in total. The largest absolute Gasteiger partial charge is 0.467 e. The maximum absolute atomic E-state index is 13.4. The van der Waals surface area contributed by atoms with Crippen molar-refractivity contribution in [1.29, 1.82) is 0 Å². The highest BCUT2D eigenvalue weighted by atomic mass is 19.1. The van der Waals surface area contributed by atoms with Crippen LogP contribution in [0.3, 0.4) is 0 Å². The predicted octanol–water partition coefficient (Wildman–Crippen LogP) is 2.08. The molecular formula is C8H15FO2. The van der Waals surface area contributed by atoms with E-state index in [4.69, 9.17) is 0 Å². The van der Waals surface area contributed by atoms with Gasteiger partial charge in [-0.05, 0) is 12.8 Å². The first-order valence-electron chi connectivity index (χ1n) is 3.88. The summed E-state index contributed by atoms with van der Waals surface area (Å²) < 4.78 is 17.8. The quantitative estimate of drug-likeness (QED) is 0.591. The van der Waals surface area contributed by atoms with Crippen LogP contribution in [0.5, 0.6) is 0 Å². The van der Waals surface area contributed by atoms with Gasteiger partial charge in [0.1, 0.15) is 0 Å². The lowest BCUT2D eigenvalue weighted by molar-refractivity contribution is -0.155. The monoisotopic (exact) mass is 162 g/mol. The molecule has 0 amide bonds. The van der Waals surface area contributed by atoms with Crippen LogP contribution in [0.25, 0.3) is 0 Å². The van der Waals surface area contributed by atoms with Crippen molar-refractivity contribution in [3.63, 3.8) is 0 Å². The highest BCUT2D eigenvalue weighted by molar-refractivity contribution is 5.79. The van der Waals surface area contributed by atoms with Gasteiger partial charge in [0.15, 0.2) is 0 Å². The lowest BCUT2D eigenvalue weighted by Crippen LogP contribution is -2.33. The lowest BCUT2D eigenvalue weighted by atomic mass is 9.97. The van der Waals surface area contributed by atoms with Crippen LogP contribution in [0.2, 0.25) is 0 Å². The maximum Gasteiger partial charge on any atom is 0.343 e. The van der Waals surface area contributed by atoms with E-state index in [1.807, 2.05) is 6.92 Å². The van der Waals surface area contributed by atoms with Crippen molar-refractivity contribution in [2.75, 3.05) is 7.11 Å². The fraction of sp³-hybridized carbons (Fsp3) is 0.875. The van der Waals surface area contributed by atoms with E-state index in [-0.39, 0.29) is 12.8 Å². The summed E-state index contributed by atoms with van der Waals surface area (Å²) in [6.07, 6.45) is 1.09. The number of methoxy groups -OCH3 is 1. The molecule has 0 spiro atoms. The van der Waals surface area contributed by atoms with Gasteiger partial charge in [0.05, 0.1) is 7.11 Å². The van der Waals surface area contributed by atoms with Crippen molar-refractivity contribution in [2.45, 2.75) is 38.8 Å². The first-order valence-corrected chi connectivity index (χ1v) is 3.88. The SMILES string of the molecule is CCC[C@@](F)(CC)C(=O)OC. The Bertz CT molecular complexity index is 136. The van der Waals surface area contributed by atoms with Crippen molar-refractivity contribution in [3.8, 4) is 0 Å². The van der Waals surface area contributed by atoms with E-state index in [0.29, 0.717) is 6.42 Å². The summed E-state index contributed by atoms with van der Waals surface area (Å²) in [5.41, 5.74) is -1.76. The van der Waals surface area contributed by atoms with Crippen molar-refractivity contribution < 1.29 is 13.9 Å². The molecule has 11 heavy (non-hydrogen) atoms. The zero-order valence-corrected chi connectivity index (χ0v) is 7.32. The molecule has 0 aromatic heterocycles. The average molecular weight is 162 g/mol. The number of hydrogen-bond acceptors (Lipinski definition) is 2. The third-order valence-corrected chi connectivity index (χ3v) is 1.76. The minimum absolute atomic E-state index is 0.188. The number of esters is 1. The van der Waals surface area contributed by atoms with Crippen LogP contribution in [0.4, 0.5) is 4.39 Å². The topological polar surface area (TPSA) is 26.3 Å². The molecule has 0 saturated carbocycles. The van der Waals surface area contributed by atoms with E-state index in [0.717, 1.165) is 0 Å². The standard InChI is InChI=1S/C8H15FO2/c1-4-6-8(9,5-2)7(10)11-3/h4-6H2,1-3H3/t8-/m0/s1. The Morgan fingerprint density at radius 2 is 2.09 bits per heavy atom. The third kappa shape index (κ3) is 2.48. The molecule has 0 fully saturated rings. The van der Waals surface area contributed by atoms with E-state index in [9.17, 15) is 9.18 Å². The van der Waals surface area contributed by atoms with Crippen LogP contribution in [0.15, 0.2) is 0 Å². The first-order chi connectivity index (χ1) is 5.10. The number of rotatable bonds is 4. The second kappa shape index (κ2) is 4.31. The van der Waals surface area contributed by atoms with Crippen LogP contribution in [0.1, 0.15) is 33.1 Å². The highest BCUT2D eigenvalue weighted by Crippen LogP contribution is 2.23. The Labute approximate surface area is 66.7 Å². The summed E-state index contributed by atoms with van der Waals surface area (Å²) in [5, 5.41) is 0. The van der Waals surface area contributed by atoms with E-state index in [2.05, 4.69) is 4.74 Å². The Morgan fingerprint density at radius 3 is 2.36 bits per heavy atom. The number of alkyl halides is 1. The van der Waals surface area contributed by atoms with Crippen LogP contribution < -0.4 is 0 Å². The smallest absolute Gasteiger partial charge is 0.343 e. The van der Waals surface area contributed by atoms with Crippen molar-refractivity contribution in [1.82, 2.24) is 0 Å². The normalized spacial score (nSPS) is 15.6. The highest BCUT2D eigenvalue weighted by Gasteiger charge is 2.36. The predicted molar refractivity (Wildman–Crippen MR) is 41.1 cm³/mol. The van der Waals surface area contributed by atoms with Crippen LogP contribution >= 0.6 is 0 Å². The number of carbonyl (C=O) groups is 1. The van der Waals surface area contributed by atoms with Gasteiger partial charge >= 0.3 is 5.97 Å². The zero-order valence-electron chi connectivity index (χ0n) is 7.32. The molecule has 66 valence electrons. The maximum atomic E-state index is 13.4. The molecule has 0 aliphatic rings. The van der Waals surface area contributed by atoms with E-state index in [1.165, 1.54) is 7.11 Å². The molecule has 0 unspecified atom stereocenters. The summed E-state index contributed by atoms with van der Waals surface area (Å²) in [7, 11) is 1.21. The molecule has 0 saturated heterocycles. The van der Waals surface area contributed by atoms with E-state index < -0.39 is 11.6 Å². The molecule has 0 heterocycles. The van der Waals surface area contributed by atoms with Gasteiger partial charge in [0.2, 0.25) is 5.67 Å². The van der Waals surface area contributed by atoms with Gasteiger partial charge in [-0.2, -0.15) is 0 Å². The molecule has 0 aromatic carbocycles. The Hall–Kier alpha value is -0.600. The fourth-order valence-corrected chi connectivity index (χ4v) is 1.00. The number of carbonyl (C=O) groups excluding carboxylic acids is 1. The molecule has 0 aromatic rings. The summed E-state index contributed by atoms with van der Waals surface area (Å²) >= 11 is 0. The zero-order chi connectivity index (χ0) is 8.91. The van der Waals surface area contributed by atoms with E-state index >= 15 is 0 Å². The van der Waals surface area contributed by atoms with Crippen LogP contribution in [-0.2, 0) is 9.53 Å². The average Bonchev–Trinajstić information content (AvgIpc) is 2.03. The van der Waals surface area contributed by atoms with Gasteiger partial charge in [-0.15, -0.1) is 0 Å². The van der Waals surface area contributed by atoms with Gasteiger partial charge in [0, 0.05) is 0 Å². The summed E-state index contributed by atoms with van der Waals surface area (Å²) in [6, 6.07) is 0. The number of hydrogen-bond donors (Lipinski definition) is 0. The summed E-state index contributed by atoms with van der Waals surface area (Å²) in [6.45, 7) is 3.49. The van der Waals surface area contributed by atoms with Gasteiger partial charge in [-0.3, -0.25) is 0 Å². The Morgan fingerprint density at radius 1 is 1.55 bits per heavy atom. The minimum Gasteiger partial charge on any atom is -0.467 e. The fourth-order valence-electron chi connectivity index (χ4n) is 1.00. The molecule has 0 N–H and O–H groups in total. The molecule has 0 bridgehead atoms. The lowest BCUT2D eigenvalue weighted by Gasteiger charge is -2.19. The molecule has 0 radical (unpaired) electrons. The second-order valence-electron chi connectivity index (χ2n) is 2.56. The van der Waals surface area contributed by atoms with Crippen molar-refractivity contribution in [3.05, 3.63) is 0 Å². The van der Waals surface area contributed by atoms with Gasteiger partial charge < -0.3 is 4.74 Å². The summed E-state index contributed by atoms with van der Waals surface area (Å²) in [4.78, 5) is 10.9. The number of ether oxygens (including phenoxy) is 1. The first kappa shape index (κ1) is 10.4. The van der Waals surface area contributed by atoms with Gasteiger partial charge in [-0.25, -0.2) is 9.18 Å². The third-order valence-electron chi connectivity index (χ3n) is 1.76. The van der Waals surface area contributed by atoms with Crippen molar-refractivity contribution >= 4 is 5.97 Å². The molecule has 1 atom stereocenters. The second-order valence-corrected chi connectivity index (χ2v) is 2.56. The van der Waals surface area contributed by atoms with Crippen molar-refractivity contribution in [2.24, 2.45) is 0 Å². The van der Waals surface area contributed by atoms with E-state index in [1.54, 1.807) is 6.92 Å². The minimum atomic E-state index is -1.76. The molecule has 0 rings (SSSR count). The Kier molecular flexibility index (Phi) is 4.08. The Balaban J connectivity index is 4.19. The summed E-state index contributed by atoms with van der Waals surface area (Å²) in [5.74, 6) is -0.748. The molecular weight excluding hydrogens is 147 g/mol. The van der Waals surface area contributed by atoms with Crippen LogP contribution in [0, 0.1) is 0 Å². The molecule has 0 aliphatic heterocycles. The van der Waals surface area contributed by atoms with Crippen LogP contribution in [-0.4, -0.2) is 18.7 Å².